The van der Waals surface area contributed by atoms with Gasteiger partial charge in [-0.05, 0) is 48.7 Å². The highest BCUT2D eigenvalue weighted by Gasteiger charge is 2.43. The Bertz CT molecular complexity index is 874. The largest absolute Gasteiger partial charge is 0.468 e. The number of nitrogens with zero attached hydrogens (tertiary/aromatic N) is 2. The quantitative estimate of drug-likeness (QED) is 0.578. The molecule has 0 N–H and O–H groups in total. The number of ether oxygens (including phenoxy) is 1. The van der Waals surface area contributed by atoms with Crippen molar-refractivity contribution in [3.63, 3.8) is 0 Å². The van der Waals surface area contributed by atoms with Crippen LogP contribution in [0.2, 0.25) is 10.0 Å². The minimum Gasteiger partial charge on any atom is -0.468 e. The van der Waals surface area contributed by atoms with Crippen LogP contribution in [0.5, 0.6) is 5.75 Å². The molecule has 0 radical (unpaired) electrons. The lowest BCUT2D eigenvalue weighted by atomic mass is 9.86. The average molecular weight is 401 g/mol. The fourth-order valence-corrected chi connectivity index (χ4v) is 4.94. The van der Waals surface area contributed by atoms with E-state index >= 15 is 0 Å². The van der Waals surface area contributed by atoms with Gasteiger partial charge in [-0.15, -0.1) is 0 Å². The van der Waals surface area contributed by atoms with E-state index in [1.165, 1.54) is 32.1 Å². The second-order valence-corrected chi connectivity index (χ2v) is 8.62. The van der Waals surface area contributed by atoms with Gasteiger partial charge >= 0.3 is 0 Å². The maximum Gasteiger partial charge on any atom is 0.190 e. The van der Waals surface area contributed by atoms with Gasteiger partial charge in [0, 0.05) is 27.9 Å². The summed E-state index contributed by atoms with van der Waals surface area (Å²) in [6.07, 6.45) is 7.19. The predicted molar refractivity (Wildman–Crippen MR) is 110 cm³/mol. The summed E-state index contributed by atoms with van der Waals surface area (Å²) in [6.45, 7) is 0. The van der Waals surface area contributed by atoms with E-state index in [9.17, 15) is 0 Å². The number of hydrogen-bond acceptors (Lipinski definition) is 3. The van der Waals surface area contributed by atoms with Crippen LogP contribution in [0.1, 0.15) is 55.7 Å². The Labute approximate surface area is 169 Å². The van der Waals surface area contributed by atoms with Crippen LogP contribution in [0.25, 0.3) is 0 Å². The fraction of sp³-hybridized carbons (Fsp3) is 0.409. The third kappa shape index (κ3) is 3.21. The van der Waals surface area contributed by atoms with Crippen molar-refractivity contribution in [2.45, 2.75) is 50.8 Å². The highest BCUT2D eigenvalue weighted by molar-refractivity contribution is 6.31. The normalized spacial score (nSPS) is 24.8. The molecule has 0 saturated heterocycles. The summed E-state index contributed by atoms with van der Waals surface area (Å²) in [7, 11) is 0. The van der Waals surface area contributed by atoms with Gasteiger partial charge in [0.1, 0.15) is 5.75 Å². The summed E-state index contributed by atoms with van der Waals surface area (Å²) in [4.78, 5) is 0. The van der Waals surface area contributed by atoms with Crippen LogP contribution in [0.4, 0.5) is 0 Å². The van der Waals surface area contributed by atoms with Crippen LogP contribution in [-0.4, -0.2) is 16.9 Å². The Hall–Kier alpha value is -1.71. The first-order chi connectivity index (χ1) is 13.2. The molecule has 2 aromatic carbocycles. The maximum absolute atomic E-state index is 6.48. The van der Waals surface area contributed by atoms with Crippen molar-refractivity contribution in [2.75, 3.05) is 0 Å². The van der Waals surface area contributed by atoms with Crippen molar-refractivity contribution in [3.05, 3.63) is 63.6 Å². The zero-order valence-corrected chi connectivity index (χ0v) is 16.6. The van der Waals surface area contributed by atoms with Crippen LogP contribution in [0, 0.1) is 5.92 Å². The fourth-order valence-electron chi connectivity index (χ4n) is 4.63. The van der Waals surface area contributed by atoms with Crippen LogP contribution in [-0.2, 0) is 0 Å². The molecule has 5 heteroatoms. The molecule has 5 rings (SSSR count). The van der Waals surface area contributed by atoms with Gasteiger partial charge < -0.3 is 4.74 Å². The van der Waals surface area contributed by atoms with E-state index in [1.807, 2.05) is 30.3 Å². The van der Waals surface area contributed by atoms with Gasteiger partial charge in [-0.2, -0.15) is 5.10 Å². The standard InChI is InChI=1S/C22H22Cl2N2O/c23-16-8-6-14(7-9-16)19-13-20-18-12-17(24)10-11-21(18)27-22(26(20)25-19)15-4-2-1-3-5-15/h6-12,15,20,22H,1-5,13H2/t20-,22-/m1/s1. The molecule has 0 bridgehead atoms. The topological polar surface area (TPSA) is 24.8 Å². The highest BCUT2D eigenvalue weighted by atomic mass is 35.5. The van der Waals surface area contributed by atoms with E-state index < -0.39 is 0 Å². The first-order valence-electron chi connectivity index (χ1n) is 9.77. The van der Waals surface area contributed by atoms with Gasteiger partial charge in [-0.25, -0.2) is 5.01 Å². The van der Waals surface area contributed by atoms with Gasteiger partial charge in [-0.1, -0.05) is 54.6 Å². The second kappa shape index (κ2) is 7.03. The van der Waals surface area contributed by atoms with Crippen LogP contribution in [0.3, 0.4) is 0 Å². The lowest BCUT2D eigenvalue weighted by Gasteiger charge is -2.42. The smallest absolute Gasteiger partial charge is 0.190 e. The summed E-state index contributed by atoms with van der Waals surface area (Å²) in [5.74, 6) is 1.49. The van der Waals surface area contributed by atoms with Gasteiger partial charge in [0.25, 0.3) is 0 Å². The van der Waals surface area contributed by atoms with Crippen molar-refractivity contribution in [2.24, 2.45) is 11.0 Å². The number of hydrazone groups is 1. The monoisotopic (exact) mass is 400 g/mol. The molecular weight excluding hydrogens is 379 g/mol. The van der Waals surface area contributed by atoms with E-state index in [4.69, 9.17) is 33.0 Å². The molecule has 2 heterocycles. The van der Waals surface area contributed by atoms with E-state index in [2.05, 4.69) is 17.1 Å². The number of fused-ring (bicyclic) bond motifs is 3. The van der Waals surface area contributed by atoms with Gasteiger partial charge in [0.05, 0.1) is 11.8 Å². The van der Waals surface area contributed by atoms with E-state index in [0.717, 1.165) is 39.1 Å². The molecule has 2 aliphatic heterocycles. The molecule has 140 valence electrons. The lowest BCUT2D eigenvalue weighted by Crippen LogP contribution is -2.45. The lowest BCUT2D eigenvalue weighted by molar-refractivity contribution is -0.0643. The molecule has 1 fully saturated rings. The number of hydrogen-bond donors (Lipinski definition) is 0. The van der Waals surface area contributed by atoms with E-state index in [-0.39, 0.29) is 12.3 Å². The first-order valence-corrected chi connectivity index (χ1v) is 10.5. The minimum atomic E-state index is 0.00813. The molecular formula is C22H22Cl2N2O. The third-order valence-corrected chi connectivity index (χ3v) is 6.50. The van der Waals surface area contributed by atoms with Crippen LogP contribution in [0.15, 0.2) is 47.6 Å². The maximum atomic E-state index is 6.48. The third-order valence-electron chi connectivity index (χ3n) is 6.01. The Balaban J connectivity index is 1.53. The second-order valence-electron chi connectivity index (χ2n) is 7.74. The Kier molecular flexibility index (Phi) is 4.53. The molecule has 3 aliphatic rings. The summed E-state index contributed by atoms with van der Waals surface area (Å²) in [6, 6.07) is 14.1. The number of rotatable bonds is 2. The van der Waals surface area contributed by atoms with E-state index in [0.29, 0.717) is 5.92 Å². The molecule has 0 spiro atoms. The molecule has 27 heavy (non-hydrogen) atoms. The van der Waals surface area contributed by atoms with Crippen molar-refractivity contribution in [3.8, 4) is 5.75 Å². The van der Waals surface area contributed by atoms with Crippen LogP contribution >= 0.6 is 23.2 Å². The van der Waals surface area contributed by atoms with Crippen molar-refractivity contribution >= 4 is 28.9 Å². The van der Waals surface area contributed by atoms with Gasteiger partial charge in [-0.3, -0.25) is 0 Å². The molecule has 0 amide bonds. The summed E-state index contributed by atoms with van der Waals surface area (Å²) in [5.41, 5.74) is 3.36. The van der Waals surface area contributed by atoms with Crippen molar-refractivity contribution < 1.29 is 4.74 Å². The molecule has 1 saturated carbocycles. The molecule has 1 aliphatic carbocycles. The zero-order valence-electron chi connectivity index (χ0n) is 15.1. The van der Waals surface area contributed by atoms with Gasteiger partial charge in [0.15, 0.2) is 6.23 Å². The molecule has 2 atom stereocenters. The zero-order chi connectivity index (χ0) is 18.4. The molecule has 2 aromatic rings. The number of halogens is 2. The molecule has 3 nitrogen and oxygen atoms in total. The molecule has 0 aromatic heterocycles. The predicted octanol–water partition coefficient (Wildman–Crippen LogP) is 6.44. The SMILES string of the molecule is Clc1ccc(C2=NN3[C@H](C2)c2cc(Cl)ccc2O[C@@H]3C2CCCCC2)cc1. The minimum absolute atomic E-state index is 0.00813. The van der Waals surface area contributed by atoms with Crippen LogP contribution < -0.4 is 4.74 Å². The highest BCUT2D eigenvalue weighted by Crippen LogP contribution is 2.47. The summed E-state index contributed by atoms with van der Waals surface area (Å²) < 4.78 is 6.48. The van der Waals surface area contributed by atoms with Crippen molar-refractivity contribution in [1.29, 1.82) is 0 Å². The van der Waals surface area contributed by atoms with Gasteiger partial charge in [0.2, 0.25) is 0 Å². The summed E-state index contributed by atoms with van der Waals surface area (Å²) in [5, 5.41) is 8.73. The van der Waals surface area contributed by atoms with Crippen molar-refractivity contribution in [1.82, 2.24) is 5.01 Å². The number of benzene rings is 2. The Morgan fingerprint density at radius 1 is 0.926 bits per heavy atom. The van der Waals surface area contributed by atoms with E-state index in [1.54, 1.807) is 0 Å². The average Bonchev–Trinajstić information content (AvgIpc) is 3.14. The molecule has 0 unspecified atom stereocenters. The Morgan fingerprint density at radius 3 is 2.44 bits per heavy atom. The first kappa shape index (κ1) is 17.4. The summed E-state index contributed by atoms with van der Waals surface area (Å²) >= 11 is 12.4. The Morgan fingerprint density at radius 2 is 1.67 bits per heavy atom.